The molecular formula is C17H22N4O. The summed E-state index contributed by atoms with van der Waals surface area (Å²) in [4.78, 5) is 20.7. The van der Waals surface area contributed by atoms with Crippen LogP contribution in [0.5, 0.6) is 0 Å². The molecule has 2 N–H and O–H groups in total. The van der Waals surface area contributed by atoms with E-state index in [-0.39, 0.29) is 5.91 Å². The highest BCUT2D eigenvalue weighted by Gasteiger charge is 2.10. The summed E-state index contributed by atoms with van der Waals surface area (Å²) in [6.45, 7) is 7.32. The van der Waals surface area contributed by atoms with Gasteiger partial charge in [0, 0.05) is 19.2 Å². The first-order chi connectivity index (χ1) is 10.5. The Morgan fingerprint density at radius 1 is 1.18 bits per heavy atom. The lowest BCUT2D eigenvalue weighted by Crippen LogP contribution is -2.24. The van der Waals surface area contributed by atoms with Crippen LogP contribution in [0.15, 0.2) is 36.4 Å². The van der Waals surface area contributed by atoms with Gasteiger partial charge in [-0.3, -0.25) is 4.79 Å². The van der Waals surface area contributed by atoms with E-state index in [1.165, 1.54) is 0 Å². The van der Waals surface area contributed by atoms with E-state index in [0.717, 1.165) is 12.1 Å². The minimum atomic E-state index is -0.193. The Morgan fingerprint density at radius 3 is 2.59 bits per heavy atom. The van der Waals surface area contributed by atoms with Crippen molar-refractivity contribution in [2.45, 2.75) is 27.3 Å². The number of carbonyl (C=O) groups is 1. The predicted octanol–water partition coefficient (Wildman–Crippen LogP) is 2.78. The normalized spacial score (nSPS) is 10.5. The molecule has 0 aliphatic heterocycles. The van der Waals surface area contributed by atoms with Crippen LogP contribution in [0.2, 0.25) is 0 Å². The number of hydrogen-bond acceptors (Lipinski definition) is 4. The zero-order valence-corrected chi connectivity index (χ0v) is 13.3. The Labute approximate surface area is 131 Å². The van der Waals surface area contributed by atoms with Crippen molar-refractivity contribution in [1.29, 1.82) is 0 Å². The predicted molar refractivity (Wildman–Crippen MR) is 87.7 cm³/mol. The molecule has 0 saturated heterocycles. The van der Waals surface area contributed by atoms with Crippen LogP contribution < -0.4 is 10.6 Å². The second kappa shape index (κ2) is 7.54. The molecule has 1 heterocycles. The molecule has 0 unspecified atom stereocenters. The minimum absolute atomic E-state index is 0.193. The second-order valence-electron chi connectivity index (χ2n) is 5.63. The van der Waals surface area contributed by atoms with Gasteiger partial charge >= 0.3 is 0 Å². The fraction of sp³-hybridized carbons (Fsp3) is 0.353. The summed E-state index contributed by atoms with van der Waals surface area (Å²) in [5.41, 5.74) is 1.44. The number of carbonyl (C=O) groups excluding carboxylic acids is 1. The van der Waals surface area contributed by atoms with Crippen molar-refractivity contribution in [3.05, 3.63) is 53.5 Å². The first-order valence-electron chi connectivity index (χ1n) is 7.46. The molecule has 1 aromatic heterocycles. The molecule has 5 nitrogen and oxygen atoms in total. The lowest BCUT2D eigenvalue weighted by atomic mass is 10.2. The molecule has 1 amide bonds. The Kier molecular flexibility index (Phi) is 5.47. The molecule has 2 rings (SSSR count). The van der Waals surface area contributed by atoms with E-state index < -0.39 is 0 Å². The van der Waals surface area contributed by atoms with Gasteiger partial charge in [-0.1, -0.05) is 44.2 Å². The van der Waals surface area contributed by atoms with Gasteiger partial charge in [0.2, 0.25) is 0 Å². The van der Waals surface area contributed by atoms with E-state index in [9.17, 15) is 4.79 Å². The van der Waals surface area contributed by atoms with Crippen LogP contribution in [-0.4, -0.2) is 22.4 Å². The van der Waals surface area contributed by atoms with Crippen LogP contribution >= 0.6 is 0 Å². The van der Waals surface area contributed by atoms with Gasteiger partial charge in [0.05, 0.1) is 0 Å². The molecule has 2 aromatic rings. The van der Waals surface area contributed by atoms with Crippen LogP contribution in [-0.2, 0) is 6.54 Å². The van der Waals surface area contributed by atoms with E-state index in [1.54, 1.807) is 13.0 Å². The van der Waals surface area contributed by atoms with Gasteiger partial charge in [-0.05, 0) is 18.4 Å². The highest BCUT2D eigenvalue weighted by atomic mass is 16.1. The van der Waals surface area contributed by atoms with Gasteiger partial charge in [-0.15, -0.1) is 0 Å². The van der Waals surface area contributed by atoms with Gasteiger partial charge in [0.1, 0.15) is 17.3 Å². The number of benzene rings is 1. The smallest absolute Gasteiger partial charge is 0.270 e. The monoisotopic (exact) mass is 298 g/mol. The fourth-order valence-electron chi connectivity index (χ4n) is 1.95. The lowest BCUT2D eigenvalue weighted by Gasteiger charge is -2.10. The van der Waals surface area contributed by atoms with Crippen molar-refractivity contribution < 1.29 is 4.79 Å². The Morgan fingerprint density at radius 2 is 1.91 bits per heavy atom. The molecule has 0 bridgehead atoms. The number of hydrogen-bond donors (Lipinski definition) is 2. The molecule has 0 aliphatic carbocycles. The van der Waals surface area contributed by atoms with Crippen LogP contribution in [0.4, 0.5) is 5.82 Å². The maximum atomic E-state index is 12.2. The van der Waals surface area contributed by atoms with Crippen molar-refractivity contribution in [2.75, 3.05) is 11.9 Å². The molecule has 1 aromatic carbocycles. The summed E-state index contributed by atoms with van der Waals surface area (Å²) < 4.78 is 0. The topological polar surface area (TPSA) is 66.9 Å². The molecule has 116 valence electrons. The highest BCUT2D eigenvalue weighted by molar-refractivity contribution is 5.92. The van der Waals surface area contributed by atoms with E-state index in [1.807, 2.05) is 30.3 Å². The maximum Gasteiger partial charge on any atom is 0.270 e. The number of nitrogens with one attached hydrogen (secondary N) is 2. The maximum absolute atomic E-state index is 12.2. The Bertz CT molecular complexity index is 626. The molecule has 22 heavy (non-hydrogen) atoms. The third kappa shape index (κ3) is 4.84. The summed E-state index contributed by atoms with van der Waals surface area (Å²) in [5, 5.41) is 6.10. The highest BCUT2D eigenvalue weighted by Crippen LogP contribution is 2.08. The number of anilines is 1. The van der Waals surface area contributed by atoms with Crippen LogP contribution in [0, 0.1) is 12.8 Å². The fourth-order valence-corrected chi connectivity index (χ4v) is 1.95. The van der Waals surface area contributed by atoms with Crippen LogP contribution in [0.3, 0.4) is 0 Å². The van der Waals surface area contributed by atoms with Crippen molar-refractivity contribution in [3.8, 4) is 0 Å². The Hall–Kier alpha value is -2.43. The van der Waals surface area contributed by atoms with Gasteiger partial charge in [0.15, 0.2) is 0 Å². The average Bonchev–Trinajstić information content (AvgIpc) is 2.51. The van der Waals surface area contributed by atoms with Gasteiger partial charge < -0.3 is 10.6 Å². The second-order valence-corrected chi connectivity index (χ2v) is 5.63. The summed E-state index contributed by atoms with van der Waals surface area (Å²) in [7, 11) is 0. The molecule has 0 saturated carbocycles. The molecular weight excluding hydrogens is 276 g/mol. The third-order valence-corrected chi connectivity index (χ3v) is 3.06. The summed E-state index contributed by atoms with van der Waals surface area (Å²) >= 11 is 0. The summed E-state index contributed by atoms with van der Waals surface area (Å²) in [6.07, 6.45) is 0. The van der Waals surface area contributed by atoms with Gasteiger partial charge in [-0.2, -0.15) is 0 Å². The zero-order valence-electron chi connectivity index (χ0n) is 13.3. The van der Waals surface area contributed by atoms with Crippen molar-refractivity contribution >= 4 is 11.7 Å². The molecule has 0 fully saturated rings. The molecule has 0 aliphatic rings. The zero-order chi connectivity index (χ0) is 15.9. The number of amides is 1. The standard InChI is InChI=1S/C17H22N4O/c1-12(2)10-18-16-9-15(20-13(3)21-16)17(22)19-11-14-7-5-4-6-8-14/h4-9,12H,10-11H2,1-3H3,(H,19,22)(H,18,20,21). The van der Waals surface area contributed by atoms with E-state index in [0.29, 0.717) is 29.8 Å². The quantitative estimate of drug-likeness (QED) is 0.860. The Balaban J connectivity index is 2.02. The molecule has 0 spiro atoms. The largest absolute Gasteiger partial charge is 0.370 e. The van der Waals surface area contributed by atoms with Crippen molar-refractivity contribution in [3.63, 3.8) is 0 Å². The average molecular weight is 298 g/mol. The first-order valence-corrected chi connectivity index (χ1v) is 7.46. The number of aromatic nitrogens is 2. The first kappa shape index (κ1) is 15.9. The van der Waals surface area contributed by atoms with Gasteiger partial charge in [-0.25, -0.2) is 9.97 Å². The van der Waals surface area contributed by atoms with Crippen LogP contribution in [0.25, 0.3) is 0 Å². The summed E-state index contributed by atoms with van der Waals surface area (Å²) in [6, 6.07) is 11.5. The lowest BCUT2D eigenvalue weighted by molar-refractivity contribution is 0.0945. The van der Waals surface area contributed by atoms with E-state index in [2.05, 4.69) is 34.4 Å². The molecule has 5 heteroatoms. The number of nitrogens with zero attached hydrogens (tertiary/aromatic N) is 2. The molecule has 0 radical (unpaired) electrons. The number of aryl methyl sites for hydroxylation is 1. The van der Waals surface area contributed by atoms with E-state index in [4.69, 9.17) is 0 Å². The van der Waals surface area contributed by atoms with Crippen molar-refractivity contribution in [1.82, 2.24) is 15.3 Å². The molecule has 0 atom stereocenters. The van der Waals surface area contributed by atoms with E-state index >= 15 is 0 Å². The third-order valence-electron chi connectivity index (χ3n) is 3.06. The minimum Gasteiger partial charge on any atom is -0.370 e. The SMILES string of the molecule is Cc1nc(NCC(C)C)cc(C(=O)NCc2ccccc2)n1. The number of rotatable bonds is 6. The summed E-state index contributed by atoms with van der Waals surface area (Å²) in [5.74, 6) is 1.58. The van der Waals surface area contributed by atoms with Gasteiger partial charge in [0.25, 0.3) is 5.91 Å². The van der Waals surface area contributed by atoms with Crippen molar-refractivity contribution in [2.24, 2.45) is 5.92 Å². The van der Waals surface area contributed by atoms with Crippen LogP contribution in [0.1, 0.15) is 35.7 Å².